The maximum absolute atomic E-state index is 8.94. The molecule has 2 rings (SSSR count). The van der Waals surface area contributed by atoms with Crippen LogP contribution in [0, 0.1) is 35.5 Å². The Morgan fingerprint density at radius 1 is 1.00 bits per heavy atom. The summed E-state index contributed by atoms with van der Waals surface area (Å²) in [4.78, 5) is 0. The Balaban J connectivity index is 1.92. The molecule has 0 saturated heterocycles. The molecule has 6 unspecified atom stereocenters. The van der Waals surface area contributed by atoms with Gasteiger partial charge in [-0.1, -0.05) is 45.8 Å². The van der Waals surface area contributed by atoms with E-state index in [1.165, 1.54) is 44.9 Å². The van der Waals surface area contributed by atoms with Crippen LogP contribution in [-0.4, -0.2) is 11.7 Å². The van der Waals surface area contributed by atoms with E-state index in [0.29, 0.717) is 12.5 Å². The van der Waals surface area contributed by atoms with E-state index >= 15 is 0 Å². The number of hydrogen-bond acceptors (Lipinski definition) is 1. The quantitative estimate of drug-likeness (QED) is 0.559. The molecule has 1 nitrogen and oxygen atoms in total. The van der Waals surface area contributed by atoms with Crippen molar-refractivity contribution >= 4 is 0 Å². The van der Waals surface area contributed by atoms with Gasteiger partial charge in [-0.15, -0.1) is 0 Å². The van der Waals surface area contributed by atoms with Crippen molar-refractivity contribution in [3.63, 3.8) is 0 Å². The largest absolute Gasteiger partial charge is 0.396 e. The number of allylic oxidation sites excluding steroid dienone is 2. The number of aliphatic hydroxyl groups excluding tert-OH is 1. The fraction of sp³-hybridized carbons (Fsp3) is 0.905. The molecule has 0 heterocycles. The maximum atomic E-state index is 8.94. The predicted octanol–water partition coefficient (Wildman–Crippen LogP) is 5.83. The lowest BCUT2D eigenvalue weighted by Crippen LogP contribution is -2.33. The van der Waals surface area contributed by atoms with Crippen molar-refractivity contribution in [2.24, 2.45) is 35.5 Å². The lowest BCUT2D eigenvalue weighted by Gasteiger charge is -2.41. The highest BCUT2D eigenvalue weighted by Crippen LogP contribution is 2.53. The lowest BCUT2D eigenvalue weighted by atomic mass is 9.64. The average Bonchev–Trinajstić information content (AvgIpc) is 2.96. The zero-order valence-corrected chi connectivity index (χ0v) is 15.1. The van der Waals surface area contributed by atoms with Gasteiger partial charge in [0.1, 0.15) is 0 Å². The summed E-state index contributed by atoms with van der Waals surface area (Å²) < 4.78 is 0. The molecule has 0 spiro atoms. The Morgan fingerprint density at radius 3 is 2.36 bits per heavy atom. The molecule has 0 aliphatic heterocycles. The molecule has 6 atom stereocenters. The van der Waals surface area contributed by atoms with E-state index in [9.17, 15) is 0 Å². The summed E-state index contributed by atoms with van der Waals surface area (Å²) in [7, 11) is 0. The molecule has 0 amide bonds. The smallest absolute Gasteiger partial charge is 0.0431 e. The van der Waals surface area contributed by atoms with Crippen LogP contribution >= 0.6 is 0 Å². The molecule has 0 bridgehead atoms. The first-order chi connectivity index (χ1) is 10.7. The Morgan fingerprint density at radius 2 is 1.68 bits per heavy atom. The molecule has 0 aromatic rings. The van der Waals surface area contributed by atoms with Gasteiger partial charge in [0.15, 0.2) is 0 Å². The molecule has 128 valence electrons. The number of hydrogen-bond donors (Lipinski definition) is 1. The van der Waals surface area contributed by atoms with Gasteiger partial charge >= 0.3 is 0 Å². The van der Waals surface area contributed by atoms with Crippen LogP contribution in [0.3, 0.4) is 0 Å². The summed E-state index contributed by atoms with van der Waals surface area (Å²) >= 11 is 0. The van der Waals surface area contributed by atoms with Crippen molar-refractivity contribution in [2.75, 3.05) is 6.61 Å². The van der Waals surface area contributed by atoms with Crippen molar-refractivity contribution in [1.82, 2.24) is 0 Å². The van der Waals surface area contributed by atoms with Gasteiger partial charge in [-0.2, -0.15) is 0 Å². The lowest BCUT2D eigenvalue weighted by molar-refractivity contribution is 0.0904. The van der Waals surface area contributed by atoms with Gasteiger partial charge in [0, 0.05) is 6.61 Å². The summed E-state index contributed by atoms with van der Waals surface area (Å²) in [5.41, 5.74) is 0. The second-order valence-corrected chi connectivity index (χ2v) is 7.99. The third kappa shape index (κ3) is 4.37. The van der Waals surface area contributed by atoms with E-state index in [-0.39, 0.29) is 0 Å². The van der Waals surface area contributed by atoms with Crippen molar-refractivity contribution in [1.29, 1.82) is 0 Å². The molecule has 1 N–H and O–H groups in total. The van der Waals surface area contributed by atoms with Crippen molar-refractivity contribution in [2.45, 2.75) is 78.6 Å². The van der Waals surface area contributed by atoms with Gasteiger partial charge in [0.05, 0.1) is 0 Å². The van der Waals surface area contributed by atoms with Crippen LogP contribution in [0.5, 0.6) is 0 Å². The first kappa shape index (κ1) is 18.0. The van der Waals surface area contributed by atoms with Crippen LogP contribution < -0.4 is 0 Å². The van der Waals surface area contributed by atoms with Crippen molar-refractivity contribution in [3.05, 3.63) is 12.2 Å². The molecule has 1 heteroatoms. The fourth-order valence-electron chi connectivity index (χ4n) is 5.49. The van der Waals surface area contributed by atoms with Crippen molar-refractivity contribution < 1.29 is 5.11 Å². The molecule has 2 aliphatic rings. The summed E-state index contributed by atoms with van der Waals surface area (Å²) in [6.07, 6.45) is 17.0. The minimum Gasteiger partial charge on any atom is -0.396 e. The second kappa shape index (κ2) is 9.11. The minimum atomic E-state index is 0.334. The van der Waals surface area contributed by atoms with Crippen LogP contribution in [-0.2, 0) is 0 Å². The molecule has 2 aliphatic carbocycles. The van der Waals surface area contributed by atoms with Gasteiger partial charge in [-0.3, -0.25) is 0 Å². The van der Waals surface area contributed by atoms with E-state index in [0.717, 1.165) is 42.4 Å². The molecular formula is C21H38O. The number of fused-ring (bicyclic) bond motifs is 1. The SMILES string of the molecule is CCC1CCC2C(CC)CCC2C1C/C=C\C(C)CCCO. The van der Waals surface area contributed by atoms with Crippen molar-refractivity contribution in [3.8, 4) is 0 Å². The van der Waals surface area contributed by atoms with E-state index in [4.69, 9.17) is 5.11 Å². The Bertz CT molecular complexity index is 335. The predicted molar refractivity (Wildman–Crippen MR) is 95.7 cm³/mol. The zero-order chi connectivity index (χ0) is 15.9. The summed E-state index contributed by atoms with van der Waals surface area (Å²) in [6, 6.07) is 0. The van der Waals surface area contributed by atoms with E-state index in [2.05, 4.69) is 32.9 Å². The van der Waals surface area contributed by atoms with Gasteiger partial charge < -0.3 is 5.11 Å². The van der Waals surface area contributed by atoms with E-state index in [1.54, 1.807) is 0 Å². The molecule has 0 aromatic carbocycles. The number of rotatable bonds is 8. The molecule has 2 saturated carbocycles. The first-order valence-corrected chi connectivity index (χ1v) is 9.98. The van der Waals surface area contributed by atoms with Crippen LogP contribution in [0.2, 0.25) is 0 Å². The number of aliphatic hydroxyl groups is 1. The van der Waals surface area contributed by atoms with E-state index in [1.807, 2.05) is 0 Å². The Kier molecular flexibility index (Phi) is 7.47. The third-order valence-electron chi connectivity index (χ3n) is 6.79. The molecule has 2 fully saturated rings. The molecular weight excluding hydrogens is 268 g/mol. The van der Waals surface area contributed by atoms with Crippen LogP contribution in [0.4, 0.5) is 0 Å². The van der Waals surface area contributed by atoms with Gasteiger partial charge in [-0.05, 0) is 80.5 Å². The molecule has 0 aromatic heterocycles. The minimum absolute atomic E-state index is 0.334. The monoisotopic (exact) mass is 306 g/mol. The van der Waals surface area contributed by atoms with Gasteiger partial charge in [-0.25, -0.2) is 0 Å². The molecule has 0 radical (unpaired) electrons. The highest BCUT2D eigenvalue weighted by Gasteiger charge is 2.44. The Hall–Kier alpha value is -0.300. The highest BCUT2D eigenvalue weighted by atomic mass is 16.2. The third-order valence-corrected chi connectivity index (χ3v) is 6.79. The summed E-state index contributed by atoms with van der Waals surface area (Å²) in [5, 5.41) is 8.94. The fourth-order valence-corrected chi connectivity index (χ4v) is 5.49. The maximum Gasteiger partial charge on any atom is 0.0431 e. The van der Waals surface area contributed by atoms with Crippen LogP contribution in [0.1, 0.15) is 78.6 Å². The summed E-state index contributed by atoms with van der Waals surface area (Å²) in [6.45, 7) is 7.42. The topological polar surface area (TPSA) is 20.2 Å². The standard InChI is InChI=1S/C21H38O/c1-4-17-11-13-20-18(5-2)12-14-21(20)19(17)10-6-8-16(3)9-7-15-22/h6,8,16-22H,4-5,7,9-15H2,1-3H3/b8-6-. The van der Waals surface area contributed by atoms with Crippen LogP contribution in [0.25, 0.3) is 0 Å². The average molecular weight is 307 g/mol. The first-order valence-electron chi connectivity index (χ1n) is 9.98. The normalized spacial score (nSPS) is 36.6. The van der Waals surface area contributed by atoms with Crippen LogP contribution in [0.15, 0.2) is 12.2 Å². The Labute approximate surface area is 138 Å². The summed E-state index contributed by atoms with van der Waals surface area (Å²) in [5.74, 6) is 5.62. The van der Waals surface area contributed by atoms with E-state index < -0.39 is 0 Å². The van der Waals surface area contributed by atoms with Gasteiger partial charge in [0.2, 0.25) is 0 Å². The highest BCUT2D eigenvalue weighted by molar-refractivity contribution is 4.98. The second-order valence-electron chi connectivity index (χ2n) is 7.99. The zero-order valence-electron chi connectivity index (χ0n) is 15.1. The van der Waals surface area contributed by atoms with Gasteiger partial charge in [0.25, 0.3) is 0 Å². The molecule has 22 heavy (non-hydrogen) atoms.